The summed E-state index contributed by atoms with van der Waals surface area (Å²) in [5.74, 6) is -0.245. The highest BCUT2D eigenvalue weighted by Gasteiger charge is 2.21. The molecular weight excluding hydrogens is 183 g/mol. The van der Waals surface area contributed by atoms with Gasteiger partial charge in [0.25, 0.3) is 0 Å². The molecule has 0 aliphatic carbocycles. The highest BCUT2D eigenvalue weighted by molar-refractivity contribution is 5.19. The van der Waals surface area contributed by atoms with Crippen LogP contribution in [0.15, 0.2) is 24.3 Å². The van der Waals surface area contributed by atoms with Crippen molar-refractivity contribution < 1.29 is 14.2 Å². The summed E-state index contributed by atoms with van der Waals surface area (Å²) in [5, 5.41) is 9.44. The topological polar surface area (TPSA) is 29.5 Å². The van der Waals surface area contributed by atoms with Crippen molar-refractivity contribution in [3.05, 3.63) is 35.6 Å². The normalized spacial score (nSPS) is 27.6. The van der Waals surface area contributed by atoms with Crippen LogP contribution in [0.2, 0.25) is 0 Å². The summed E-state index contributed by atoms with van der Waals surface area (Å²) in [7, 11) is 0. The van der Waals surface area contributed by atoms with Crippen molar-refractivity contribution in [2.24, 2.45) is 0 Å². The quantitative estimate of drug-likeness (QED) is 0.744. The van der Waals surface area contributed by atoms with Crippen LogP contribution in [0.1, 0.15) is 24.5 Å². The smallest absolute Gasteiger partial charge is 0.123 e. The molecule has 2 nitrogen and oxygen atoms in total. The maximum absolute atomic E-state index is 12.6. The van der Waals surface area contributed by atoms with Crippen molar-refractivity contribution in [1.29, 1.82) is 0 Å². The molecule has 3 heteroatoms. The first-order valence-electron chi connectivity index (χ1n) is 4.81. The molecule has 0 amide bonds. The van der Waals surface area contributed by atoms with Crippen LogP contribution in [-0.4, -0.2) is 17.8 Å². The van der Waals surface area contributed by atoms with Gasteiger partial charge in [-0.1, -0.05) is 12.1 Å². The largest absolute Gasteiger partial charge is 0.393 e. The van der Waals surface area contributed by atoms with Crippen LogP contribution in [0.4, 0.5) is 4.39 Å². The van der Waals surface area contributed by atoms with Gasteiger partial charge >= 0.3 is 0 Å². The van der Waals surface area contributed by atoms with Gasteiger partial charge in [-0.3, -0.25) is 0 Å². The lowest BCUT2D eigenvalue weighted by molar-refractivity contribution is -0.0448. The van der Waals surface area contributed by atoms with Gasteiger partial charge in [-0.25, -0.2) is 4.39 Å². The second kappa shape index (κ2) is 4.07. The van der Waals surface area contributed by atoms with Crippen LogP contribution < -0.4 is 0 Å². The molecule has 1 N–H and O–H groups in total. The molecule has 1 aliphatic rings. The van der Waals surface area contributed by atoms with E-state index in [1.165, 1.54) is 12.1 Å². The summed E-state index contributed by atoms with van der Waals surface area (Å²) < 4.78 is 18.1. The van der Waals surface area contributed by atoms with Gasteiger partial charge in [-0.05, 0) is 24.1 Å². The number of hydrogen-bond donors (Lipinski definition) is 1. The molecule has 0 aromatic heterocycles. The van der Waals surface area contributed by atoms with Crippen LogP contribution in [0, 0.1) is 5.82 Å². The number of hydrogen-bond acceptors (Lipinski definition) is 2. The van der Waals surface area contributed by atoms with E-state index in [0.29, 0.717) is 19.4 Å². The van der Waals surface area contributed by atoms with Crippen molar-refractivity contribution >= 4 is 0 Å². The minimum Gasteiger partial charge on any atom is -0.393 e. The van der Waals surface area contributed by atoms with Gasteiger partial charge in [0.05, 0.1) is 12.2 Å². The third-order valence-corrected chi connectivity index (χ3v) is 2.50. The third-order valence-electron chi connectivity index (χ3n) is 2.50. The molecule has 2 atom stereocenters. The molecule has 1 aromatic rings. The number of rotatable bonds is 1. The zero-order chi connectivity index (χ0) is 9.97. The summed E-state index contributed by atoms with van der Waals surface area (Å²) in [6.45, 7) is 0.573. The molecule has 2 rings (SSSR count). The average molecular weight is 196 g/mol. The molecule has 0 spiro atoms. The Kier molecular flexibility index (Phi) is 2.79. The standard InChI is InChI=1S/C11H13FO2/c12-9-3-1-8(2-4-9)11-7-10(13)5-6-14-11/h1-4,10-11,13H,5-7H2/t10-,11+/m1/s1. The highest BCUT2D eigenvalue weighted by atomic mass is 19.1. The van der Waals surface area contributed by atoms with Crippen LogP contribution in [0.3, 0.4) is 0 Å². The molecule has 0 radical (unpaired) electrons. The first-order chi connectivity index (χ1) is 6.75. The highest BCUT2D eigenvalue weighted by Crippen LogP contribution is 2.27. The summed E-state index contributed by atoms with van der Waals surface area (Å²) in [6.07, 6.45) is 0.918. The fraction of sp³-hybridized carbons (Fsp3) is 0.455. The predicted octanol–water partition coefficient (Wildman–Crippen LogP) is 2.04. The maximum atomic E-state index is 12.6. The average Bonchev–Trinajstić information content (AvgIpc) is 2.19. The summed E-state index contributed by atoms with van der Waals surface area (Å²) >= 11 is 0. The minimum absolute atomic E-state index is 0.0839. The van der Waals surface area contributed by atoms with E-state index in [9.17, 15) is 9.50 Å². The van der Waals surface area contributed by atoms with Crippen LogP contribution in [-0.2, 0) is 4.74 Å². The molecular formula is C11H13FO2. The zero-order valence-electron chi connectivity index (χ0n) is 7.82. The Morgan fingerprint density at radius 2 is 2.00 bits per heavy atom. The van der Waals surface area contributed by atoms with E-state index < -0.39 is 0 Å². The summed E-state index contributed by atoms with van der Waals surface area (Å²) in [5.41, 5.74) is 0.935. The number of ether oxygens (including phenoxy) is 1. The second-order valence-electron chi connectivity index (χ2n) is 3.59. The Morgan fingerprint density at radius 3 is 2.64 bits per heavy atom. The fourth-order valence-electron chi connectivity index (χ4n) is 1.69. The zero-order valence-corrected chi connectivity index (χ0v) is 7.82. The van der Waals surface area contributed by atoms with Gasteiger partial charge in [0.2, 0.25) is 0 Å². The van der Waals surface area contributed by atoms with Crippen molar-refractivity contribution in [2.45, 2.75) is 25.0 Å². The van der Waals surface area contributed by atoms with Gasteiger partial charge in [-0.2, -0.15) is 0 Å². The molecule has 76 valence electrons. The Labute approximate surface area is 82.3 Å². The second-order valence-corrected chi connectivity index (χ2v) is 3.59. The van der Waals surface area contributed by atoms with E-state index in [1.807, 2.05) is 0 Å². The first-order valence-corrected chi connectivity index (χ1v) is 4.81. The molecule has 0 saturated carbocycles. The van der Waals surface area contributed by atoms with E-state index in [2.05, 4.69) is 0 Å². The van der Waals surface area contributed by atoms with E-state index in [0.717, 1.165) is 5.56 Å². The lowest BCUT2D eigenvalue weighted by Gasteiger charge is -2.26. The van der Waals surface area contributed by atoms with Gasteiger partial charge in [0.15, 0.2) is 0 Å². The summed E-state index contributed by atoms with van der Waals surface area (Å²) in [4.78, 5) is 0. The molecule has 0 bridgehead atoms. The number of halogens is 1. The SMILES string of the molecule is O[C@@H]1CCO[C@H](c2ccc(F)cc2)C1. The molecule has 0 unspecified atom stereocenters. The third kappa shape index (κ3) is 2.11. The Bertz CT molecular complexity index is 297. The molecule has 14 heavy (non-hydrogen) atoms. The summed E-state index contributed by atoms with van der Waals surface area (Å²) in [6, 6.07) is 6.25. The van der Waals surface area contributed by atoms with Gasteiger partial charge in [0, 0.05) is 13.0 Å². The molecule has 1 saturated heterocycles. The molecule has 1 fully saturated rings. The molecule has 1 aromatic carbocycles. The Hall–Kier alpha value is -0.930. The number of aliphatic hydroxyl groups is 1. The minimum atomic E-state index is -0.293. The fourth-order valence-corrected chi connectivity index (χ4v) is 1.69. The van der Waals surface area contributed by atoms with Crippen molar-refractivity contribution in [3.8, 4) is 0 Å². The Balaban J connectivity index is 2.10. The van der Waals surface area contributed by atoms with Crippen molar-refractivity contribution in [3.63, 3.8) is 0 Å². The van der Waals surface area contributed by atoms with E-state index in [4.69, 9.17) is 4.74 Å². The van der Waals surface area contributed by atoms with Crippen LogP contribution in [0.25, 0.3) is 0 Å². The van der Waals surface area contributed by atoms with Crippen molar-refractivity contribution in [2.75, 3.05) is 6.61 Å². The van der Waals surface area contributed by atoms with Gasteiger partial charge in [0.1, 0.15) is 5.82 Å². The van der Waals surface area contributed by atoms with E-state index >= 15 is 0 Å². The van der Waals surface area contributed by atoms with Crippen molar-refractivity contribution in [1.82, 2.24) is 0 Å². The maximum Gasteiger partial charge on any atom is 0.123 e. The Morgan fingerprint density at radius 1 is 1.29 bits per heavy atom. The molecule has 1 aliphatic heterocycles. The van der Waals surface area contributed by atoms with Gasteiger partial charge in [-0.15, -0.1) is 0 Å². The first kappa shape index (κ1) is 9.62. The lowest BCUT2D eigenvalue weighted by Crippen LogP contribution is -2.23. The van der Waals surface area contributed by atoms with Gasteiger partial charge < -0.3 is 9.84 Å². The van der Waals surface area contributed by atoms with Crippen LogP contribution in [0.5, 0.6) is 0 Å². The van der Waals surface area contributed by atoms with E-state index in [-0.39, 0.29) is 18.0 Å². The number of benzene rings is 1. The monoisotopic (exact) mass is 196 g/mol. The predicted molar refractivity (Wildman–Crippen MR) is 50.3 cm³/mol. The lowest BCUT2D eigenvalue weighted by atomic mass is 9.99. The van der Waals surface area contributed by atoms with Crippen LogP contribution >= 0.6 is 0 Å². The number of aliphatic hydroxyl groups excluding tert-OH is 1. The molecule has 1 heterocycles. The van der Waals surface area contributed by atoms with E-state index in [1.54, 1.807) is 12.1 Å².